The number of aromatic nitrogens is 2. The fourth-order valence-corrected chi connectivity index (χ4v) is 4.46. The number of carboxylic acid groups (broad SMARTS) is 1. The van der Waals surface area contributed by atoms with Crippen LogP contribution in [0, 0.1) is 5.92 Å². The average molecular weight is 448 g/mol. The van der Waals surface area contributed by atoms with Crippen LogP contribution < -0.4 is 5.32 Å². The number of fused-ring (bicyclic) bond motifs is 1. The Labute approximate surface area is 190 Å². The van der Waals surface area contributed by atoms with E-state index in [0.717, 1.165) is 17.0 Å². The molecule has 0 saturated heterocycles. The number of carbonyl (C=O) groups excluding carboxylic acids is 1. The Morgan fingerprint density at radius 3 is 2.53 bits per heavy atom. The summed E-state index contributed by atoms with van der Waals surface area (Å²) in [6.07, 6.45) is 1.05. The van der Waals surface area contributed by atoms with Gasteiger partial charge in [0.05, 0.1) is 11.0 Å². The smallest absolute Gasteiger partial charge is 0.326 e. The zero-order valence-electron chi connectivity index (χ0n) is 18.0. The monoisotopic (exact) mass is 447 g/mol. The molecular formula is C25H25N3O3S. The van der Waals surface area contributed by atoms with E-state index in [1.807, 2.05) is 61.7 Å². The topological polar surface area (TPSA) is 84.2 Å². The van der Waals surface area contributed by atoms with Gasteiger partial charge in [0.25, 0.3) is 5.91 Å². The van der Waals surface area contributed by atoms with Crippen molar-refractivity contribution in [2.45, 2.75) is 32.7 Å². The molecule has 0 radical (unpaired) electrons. The van der Waals surface area contributed by atoms with Gasteiger partial charge in [-0.25, -0.2) is 9.78 Å². The first kappa shape index (κ1) is 21.8. The van der Waals surface area contributed by atoms with Crippen LogP contribution in [0.1, 0.15) is 41.3 Å². The molecule has 164 valence electrons. The molecule has 32 heavy (non-hydrogen) atoms. The van der Waals surface area contributed by atoms with Crippen LogP contribution >= 0.6 is 11.3 Å². The number of thiophene rings is 1. The number of para-hydroxylation sites is 1. The second-order valence-corrected chi connectivity index (χ2v) is 9.18. The molecule has 0 aliphatic heterocycles. The first-order valence-electron chi connectivity index (χ1n) is 10.5. The van der Waals surface area contributed by atoms with Crippen LogP contribution in [-0.2, 0) is 11.2 Å². The zero-order chi connectivity index (χ0) is 22.7. The van der Waals surface area contributed by atoms with Gasteiger partial charge < -0.3 is 10.4 Å². The van der Waals surface area contributed by atoms with E-state index in [2.05, 4.69) is 16.0 Å². The second kappa shape index (κ2) is 9.36. The van der Waals surface area contributed by atoms with Crippen molar-refractivity contribution in [2.75, 3.05) is 0 Å². The third-order valence-corrected chi connectivity index (χ3v) is 6.10. The first-order chi connectivity index (χ1) is 15.4. The Morgan fingerprint density at radius 2 is 1.88 bits per heavy atom. The molecule has 0 aliphatic rings. The van der Waals surface area contributed by atoms with E-state index < -0.39 is 17.9 Å². The number of hydrogen-bond acceptors (Lipinski definition) is 4. The summed E-state index contributed by atoms with van der Waals surface area (Å²) in [6.45, 7) is 3.86. The standard InChI is InChI=1S/C25H25N3O3S/c1-16(2)13-21(25(30)31)27-24(29)17-10-11-22-20(14-17)26-23(15-19-9-6-12-32-19)28(22)18-7-4-3-5-8-18/h3-12,14,16,21H,13,15H2,1-2H3,(H,27,29)(H,30,31). The van der Waals surface area contributed by atoms with Gasteiger partial charge in [-0.2, -0.15) is 0 Å². The maximum atomic E-state index is 12.8. The molecule has 2 heterocycles. The van der Waals surface area contributed by atoms with Gasteiger partial charge in [0.15, 0.2) is 0 Å². The number of nitrogens with zero attached hydrogens (tertiary/aromatic N) is 2. The van der Waals surface area contributed by atoms with Crippen molar-refractivity contribution in [3.8, 4) is 5.69 Å². The molecule has 0 aliphatic carbocycles. The van der Waals surface area contributed by atoms with Gasteiger partial charge >= 0.3 is 5.97 Å². The summed E-state index contributed by atoms with van der Waals surface area (Å²) in [5.41, 5.74) is 2.99. The van der Waals surface area contributed by atoms with Gasteiger partial charge in [-0.15, -0.1) is 11.3 Å². The minimum atomic E-state index is -1.03. The van der Waals surface area contributed by atoms with Gasteiger partial charge in [0.2, 0.25) is 0 Å². The van der Waals surface area contributed by atoms with E-state index in [4.69, 9.17) is 4.98 Å². The number of nitrogens with one attached hydrogen (secondary N) is 1. The third kappa shape index (κ3) is 4.73. The molecule has 0 bridgehead atoms. The number of carbonyl (C=O) groups is 2. The normalized spacial score (nSPS) is 12.2. The quantitative estimate of drug-likeness (QED) is 0.402. The van der Waals surface area contributed by atoms with Crippen LogP contribution in [0.3, 0.4) is 0 Å². The van der Waals surface area contributed by atoms with Gasteiger partial charge in [-0.3, -0.25) is 9.36 Å². The predicted molar refractivity (Wildman–Crippen MR) is 127 cm³/mol. The lowest BCUT2D eigenvalue weighted by Gasteiger charge is -2.16. The molecular weight excluding hydrogens is 422 g/mol. The van der Waals surface area contributed by atoms with Gasteiger partial charge in [0.1, 0.15) is 11.9 Å². The van der Waals surface area contributed by atoms with Crippen molar-refractivity contribution < 1.29 is 14.7 Å². The number of carboxylic acids is 1. The minimum Gasteiger partial charge on any atom is -0.480 e. The molecule has 2 N–H and O–H groups in total. The number of aliphatic carboxylic acids is 1. The molecule has 0 saturated carbocycles. The van der Waals surface area contributed by atoms with E-state index in [9.17, 15) is 14.7 Å². The molecule has 1 amide bonds. The molecule has 4 aromatic rings. The molecule has 7 heteroatoms. The van der Waals surface area contributed by atoms with Crippen LogP contribution in [0.15, 0.2) is 66.0 Å². The van der Waals surface area contributed by atoms with E-state index in [0.29, 0.717) is 23.9 Å². The summed E-state index contributed by atoms with van der Waals surface area (Å²) < 4.78 is 2.11. The Kier molecular flexibility index (Phi) is 6.37. The van der Waals surface area contributed by atoms with Crippen molar-refractivity contribution >= 4 is 34.2 Å². The summed E-state index contributed by atoms with van der Waals surface area (Å²) >= 11 is 1.68. The largest absolute Gasteiger partial charge is 0.480 e. The van der Waals surface area contributed by atoms with Crippen molar-refractivity contribution in [3.63, 3.8) is 0 Å². The molecule has 1 atom stereocenters. The maximum absolute atomic E-state index is 12.8. The number of benzene rings is 2. The van der Waals surface area contributed by atoms with Crippen LogP contribution in [0.25, 0.3) is 16.7 Å². The highest BCUT2D eigenvalue weighted by Crippen LogP contribution is 2.25. The number of amides is 1. The van der Waals surface area contributed by atoms with Gasteiger partial charge in [-0.05, 0) is 54.1 Å². The Morgan fingerprint density at radius 1 is 1.09 bits per heavy atom. The van der Waals surface area contributed by atoms with Crippen molar-refractivity contribution in [1.29, 1.82) is 0 Å². The highest BCUT2D eigenvalue weighted by Gasteiger charge is 2.22. The summed E-state index contributed by atoms with van der Waals surface area (Å²) in [5, 5.41) is 14.1. The number of hydrogen-bond donors (Lipinski definition) is 2. The van der Waals surface area contributed by atoms with Crippen LogP contribution in [0.5, 0.6) is 0 Å². The molecule has 0 spiro atoms. The predicted octanol–water partition coefficient (Wildman–Crippen LogP) is 4.91. The zero-order valence-corrected chi connectivity index (χ0v) is 18.8. The average Bonchev–Trinajstić information content (AvgIpc) is 3.40. The summed E-state index contributed by atoms with van der Waals surface area (Å²) in [7, 11) is 0. The lowest BCUT2D eigenvalue weighted by molar-refractivity contribution is -0.139. The highest BCUT2D eigenvalue weighted by atomic mass is 32.1. The van der Waals surface area contributed by atoms with E-state index in [1.165, 1.54) is 4.88 Å². The first-order valence-corrected chi connectivity index (χ1v) is 11.4. The Balaban J connectivity index is 1.71. The van der Waals surface area contributed by atoms with Crippen LogP contribution in [-0.4, -0.2) is 32.6 Å². The summed E-state index contributed by atoms with van der Waals surface area (Å²) in [5.74, 6) is -0.400. The van der Waals surface area contributed by atoms with Gasteiger partial charge in [-0.1, -0.05) is 38.1 Å². The van der Waals surface area contributed by atoms with Crippen LogP contribution in [0.4, 0.5) is 0 Å². The summed E-state index contributed by atoms with van der Waals surface area (Å²) in [6, 6.07) is 18.5. The van der Waals surface area contributed by atoms with Crippen molar-refractivity contribution in [1.82, 2.24) is 14.9 Å². The lowest BCUT2D eigenvalue weighted by atomic mass is 10.0. The fourth-order valence-electron chi connectivity index (χ4n) is 3.76. The molecule has 6 nitrogen and oxygen atoms in total. The van der Waals surface area contributed by atoms with Gasteiger partial charge in [0, 0.05) is 22.5 Å². The van der Waals surface area contributed by atoms with E-state index >= 15 is 0 Å². The molecule has 2 aromatic heterocycles. The number of rotatable bonds is 8. The van der Waals surface area contributed by atoms with Crippen molar-refractivity contribution in [3.05, 3.63) is 82.3 Å². The number of imidazole rings is 1. The third-order valence-electron chi connectivity index (χ3n) is 5.22. The Bertz CT molecular complexity index is 1230. The highest BCUT2D eigenvalue weighted by molar-refractivity contribution is 7.09. The molecule has 1 unspecified atom stereocenters. The van der Waals surface area contributed by atoms with Crippen molar-refractivity contribution in [2.24, 2.45) is 5.92 Å². The molecule has 4 rings (SSSR count). The fraction of sp³-hybridized carbons (Fsp3) is 0.240. The Hall–Kier alpha value is -3.45. The SMILES string of the molecule is CC(C)CC(NC(=O)c1ccc2c(c1)nc(Cc1cccs1)n2-c1ccccc1)C(=O)O. The lowest BCUT2D eigenvalue weighted by Crippen LogP contribution is -2.41. The summed E-state index contributed by atoms with van der Waals surface area (Å²) in [4.78, 5) is 30.4. The van der Waals surface area contributed by atoms with E-state index in [1.54, 1.807) is 23.5 Å². The second-order valence-electron chi connectivity index (χ2n) is 8.15. The van der Waals surface area contributed by atoms with E-state index in [-0.39, 0.29) is 5.92 Å². The minimum absolute atomic E-state index is 0.153. The molecule has 2 aromatic carbocycles. The molecule has 0 fully saturated rings. The maximum Gasteiger partial charge on any atom is 0.326 e. The van der Waals surface area contributed by atoms with Crippen LogP contribution in [0.2, 0.25) is 0 Å².